The first-order chi connectivity index (χ1) is 7.15. The molecule has 1 aromatic carbocycles. The third-order valence-electron chi connectivity index (χ3n) is 2.39. The van der Waals surface area contributed by atoms with Crippen molar-refractivity contribution in [2.75, 3.05) is 0 Å². The average molecular weight is 220 g/mol. The molecule has 0 saturated carbocycles. The summed E-state index contributed by atoms with van der Waals surface area (Å²) in [5.74, 6) is 0.515. The molecule has 0 bridgehead atoms. The van der Waals surface area contributed by atoms with Gasteiger partial charge in [-0.25, -0.2) is 0 Å². The Kier molecular flexibility index (Phi) is 6.31. The van der Waals surface area contributed by atoms with E-state index in [0.717, 1.165) is 6.29 Å². The Morgan fingerprint density at radius 1 is 1.25 bits per heavy atom. The van der Waals surface area contributed by atoms with E-state index < -0.39 is 0 Å². The second-order valence-electron chi connectivity index (χ2n) is 3.91. The molecule has 0 amide bonds. The van der Waals surface area contributed by atoms with Gasteiger partial charge in [-0.05, 0) is 11.5 Å². The fraction of sp³-hybridized carbons (Fsp3) is 0.429. The maximum atomic E-state index is 11.5. The number of hydrogen-bond donors (Lipinski definition) is 0. The van der Waals surface area contributed by atoms with Gasteiger partial charge < -0.3 is 4.79 Å². The minimum absolute atomic E-state index is 0. The summed E-state index contributed by atoms with van der Waals surface area (Å²) >= 11 is 0. The van der Waals surface area contributed by atoms with Crippen LogP contribution in [0, 0.1) is 0 Å². The first-order valence-corrected chi connectivity index (χ1v) is 5.22. The number of ketones is 1. The number of carbonyl (C=O) groups excluding carboxylic acids is 2. The Morgan fingerprint density at radius 2 is 1.81 bits per heavy atom. The van der Waals surface area contributed by atoms with Gasteiger partial charge in [0.25, 0.3) is 0 Å². The van der Waals surface area contributed by atoms with Gasteiger partial charge >= 0.3 is 0 Å². The van der Waals surface area contributed by atoms with Crippen LogP contribution in [0.2, 0.25) is 0 Å². The molecule has 1 rings (SSSR count). The molecular formula is C14H20O2. The minimum Gasteiger partial charge on any atom is -0.303 e. The third kappa shape index (κ3) is 3.97. The van der Waals surface area contributed by atoms with E-state index in [1.807, 2.05) is 24.3 Å². The molecule has 2 heteroatoms. The van der Waals surface area contributed by atoms with Crippen LogP contribution in [0.15, 0.2) is 24.3 Å². The third-order valence-corrected chi connectivity index (χ3v) is 2.39. The van der Waals surface area contributed by atoms with Crippen LogP contribution in [0.3, 0.4) is 0 Å². The molecule has 0 unspecified atom stereocenters. The van der Waals surface area contributed by atoms with Gasteiger partial charge in [-0.1, -0.05) is 45.5 Å². The van der Waals surface area contributed by atoms with Crippen molar-refractivity contribution in [2.24, 2.45) is 0 Å². The highest BCUT2D eigenvalue weighted by Gasteiger charge is 2.05. The lowest BCUT2D eigenvalue weighted by atomic mass is 9.99. The highest BCUT2D eigenvalue weighted by Crippen LogP contribution is 2.15. The lowest BCUT2D eigenvalue weighted by molar-refractivity contribution is -0.107. The molecule has 0 fully saturated rings. The zero-order valence-electron chi connectivity index (χ0n) is 9.19. The van der Waals surface area contributed by atoms with Gasteiger partial charge in [0.05, 0.1) is 0 Å². The number of carbonyl (C=O) groups is 2. The maximum Gasteiger partial charge on any atom is 0.163 e. The molecule has 0 atom stereocenters. The van der Waals surface area contributed by atoms with E-state index in [4.69, 9.17) is 0 Å². The molecule has 0 aliphatic heterocycles. The van der Waals surface area contributed by atoms with Crippen LogP contribution in [0.25, 0.3) is 0 Å². The Hall–Kier alpha value is -1.44. The van der Waals surface area contributed by atoms with Gasteiger partial charge in [-0.2, -0.15) is 0 Å². The lowest BCUT2D eigenvalue weighted by Gasteiger charge is -2.05. The molecule has 0 aromatic heterocycles. The Bertz CT molecular complexity index is 336. The zero-order chi connectivity index (χ0) is 11.3. The molecule has 0 aliphatic rings. The first-order valence-electron chi connectivity index (χ1n) is 5.22. The van der Waals surface area contributed by atoms with Gasteiger partial charge in [0, 0.05) is 18.4 Å². The van der Waals surface area contributed by atoms with Gasteiger partial charge in [0.1, 0.15) is 6.29 Å². The van der Waals surface area contributed by atoms with Crippen LogP contribution < -0.4 is 0 Å². The second kappa shape index (κ2) is 6.94. The highest BCUT2D eigenvalue weighted by atomic mass is 16.1. The number of benzene rings is 1. The molecule has 0 saturated heterocycles. The fourth-order valence-electron chi connectivity index (χ4n) is 1.39. The predicted octanol–water partition coefficient (Wildman–Crippen LogP) is 3.61. The summed E-state index contributed by atoms with van der Waals surface area (Å²) in [6.07, 6.45) is 1.40. The molecule has 2 nitrogen and oxygen atoms in total. The van der Waals surface area contributed by atoms with E-state index in [2.05, 4.69) is 13.8 Å². The molecule has 0 N–H and O–H groups in total. The quantitative estimate of drug-likeness (QED) is 0.561. The number of Topliss-reactive ketones (excluding diaryl/α,β-unsaturated/α-hetero) is 1. The second-order valence-corrected chi connectivity index (χ2v) is 3.91. The monoisotopic (exact) mass is 220 g/mol. The summed E-state index contributed by atoms with van der Waals surface area (Å²) in [4.78, 5) is 21.7. The molecule has 88 valence electrons. The summed E-state index contributed by atoms with van der Waals surface area (Å²) in [7, 11) is 0. The normalized spacial score (nSPS) is 9.69. The SMILES string of the molecule is C.CC(C)c1ccc(C(=O)CCC=O)cc1. The van der Waals surface area contributed by atoms with Crippen LogP contribution in [0.5, 0.6) is 0 Å². The molecule has 1 aromatic rings. The van der Waals surface area contributed by atoms with E-state index in [1.165, 1.54) is 5.56 Å². The number of hydrogen-bond acceptors (Lipinski definition) is 2. The largest absolute Gasteiger partial charge is 0.303 e. The minimum atomic E-state index is 0. The number of rotatable bonds is 5. The van der Waals surface area contributed by atoms with Crippen LogP contribution >= 0.6 is 0 Å². The highest BCUT2D eigenvalue weighted by molar-refractivity contribution is 5.96. The summed E-state index contributed by atoms with van der Waals surface area (Å²) in [6, 6.07) is 7.61. The average Bonchev–Trinajstić information content (AvgIpc) is 2.26. The molecule has 0 radical (unpaired) electrons. The Labute approximate surface area is 97.7 Å². The molecule has 16 heavy (non-hydrogen) atoms. The molecule has 0 spiro atoms. The summed E-state index contributed by atoms with van der Waals surface area (Å²) in [5, 5.41) is 0. The van der Waals surface area contributed by atoms with Crippen molar-refractivity contribution in [1.82, 2.24) is 0 Å². The van der Waals surface area contributed by atoms with E-state index >= 15 is 0 Å². The van der Waals surface area contributed by atoms with E-state index in [1.54, 1.807) is 0 Å². The van der Waals surface area contributed by atoms with Gasteiger partial charge in [0.2, 0.25) is 0 Å². The van der Waals surface area contributed by atoms with Crippen LogP contribution in [-0.2, 0) is 4.79 Å². The Balaban J connectivity index is 0.00000225. The van der Waals surface area contributed by atoms with Crippen LogP contribution in [-0.4, -0.2) is 12.1 Å². The fourth-order valence-corrected chi connectivity index (χ4v) is 1.39. The van der Waals surface area contributed by atoms with Gasteiger partial charge in [-0.3, -0.25) is 4.79 Å². The van der Waals surface area contributed by atoms with Crippen molar-refractivity contribution in [3.8, 4) is 0 Å². The molecule has 0 aliphatic carbocycles. The predicted molar refractivity (Wildman–Crippen MR) is 66.9 cm³/mol. The van der Waals surface area contributed by atoms with Crippen molar-refractivity contribution in [1.29, 1.82) is 0 Å². The van der Waals surface area contributed by atoms with Crippen molar-refractivity contribution < 1.29 is 9.59 Å². The van der Waals surface area contributed by atoms with Crippen LogP contribution in [0.1, 0.15) is 56.0 Å². The van der Waals surface area contributed by atoms with Crippen molar-refractivity contribution in [3.63, 3.8) is 0 Å². The van der Waals surface area contributed by atoms with E-state index in [0.29, 0.717) is 24.3 Å². The van der Waals surface area contributed by atoms with E-state index in [9.17, 15) is 9.59 Å². The number of aldehydes is 1. The van der Waals surface area contributed by atoms with Crippen molar-refractivity contribution in [2.45, 2.75) is 40.0 Å². The summed E-state index contributed by atoms with van der Waals surface area (Å²) in [5.41, 5.74) is 1.92. The maximum absolute atomic E-state index is 11.5. The first kappa shape index (κ1) is 14.6. The van der Waals surface area contributed by atoms with Crippen molar-refractivity contribution >= 4 is 12.1 Å². The van der Waals surface area contributed by atoms with Crippen LogP contribution in [0.4, 0.5) is 0 Å². The smallest absolute Gasteiger partial charge is 0.163 e. The van der Waals surface area contributed by atoms with Crippen molar-refractivity contribution in [3.05, 3.63) is 35.4 Å². The summed E-state index contributed by atoms with van der Waals surface area (Å²) < 4.78 is 0. The molecular weight excluding hydrogens is 200 g/mol. The lowest BCUT2D eigenvalue weighted by Crippen LogP contribution is -1.99. The summed E-state index contributed by atoms with van der Waals surface area (Å²) in [6.45, 7) is 4.23. The van der Waals surface area contributed by atoms with Gasteiger partial charge in [-0.15, -0.1) is 0 Å². The Morgan fingerprint density at radius 3 is 2.25 bits per heavy atom. The standard InChI is InChI=1S/C13H16O2.CH4/c1-10(2)11-5-7-12(8-6-11)13(15)4-3-9-14;/h5-10H,3-4H2,1-2H3;1H4. The van der Waals surface area contributed by atoms with E-state index in [-0.39, 0.29) is 13.2 Å². The zero-order valence-corrected chi connectivity index (χ0v) is 9.19. The van der Waals surface area contributed by atoms with Gasteiger partial charge in [0.15, 0.2) is 5.78 Å². The molecule has 0 heterocycles. The topological polar surface area (TPSA) is 34.1 Å².